The van der Waals surface area contributed by atoms with Crippen LogP contribution < -0.4 is 0 Å². The number of nitrogens with zero attached hydrogens (tertiary/aromatic N) is 4. The molecule has 0 N–H and O–H groups in total. The smallest absolute Gasteiger partial charge is 0.164 e. The number of benzene rings is 10. The second kappa shape index (κ2) is 14.4. The van der Waals surface area contributed by atoms with Crippen molar-refractivity contribution < 1.29 is 4.42 Å². The van der Waals surface area contributed by atoms with Crippen molar-refractivity contribution in [2.24, 2.45) is 0 Å². The zero-order chi connectivity index (χ0) is 45.2. The summed E-state index contributed by atoms with van der Waals surface area (Å²) < 4.78 is 8.90. The Morgan fingerprint density at radius 1 is 0.333 bits per heavy atom. The van der Waals surface area contributed by atoms with Gasteiger partial charge in [-0.05, 0) is 80.4 Å². The first kappa shape index (κ1) is 38.0. The standard InChI is InChI=1S/C64H38N4O/c1-2-15-40(16-3-1)61-65-62(41-33-31-39(32-34-41)45-22-13-24-51-49-21-6-11-30-58(49)69-60(45)51)67-63(66-61)44-18-12-17-42(37-44)43-35-36-47-46-19-4-7-25-52(46)64(55(47)38-43)53-26-8-10-29-57(53)68-56-28-9-5-20-48(56)50-23-14-27-54(64)59(50)68/h1-38H. The summed E-state index contributed by atoms with van der Waals surface area (Å²) in [5.74, 6) is 1.84. The monoisotopic (exact) mass is 878 g/mol. The molecule has 5 heteroatoms. The van der Waals surface area contributed by atoms with Crippen LogP contribution in [-0.2, 0) is 5.41 Å². The number of aromatic nitrogens is 4. The predicted molar refractivity (Wildman–Crippen MR) is 279 cm³/mol. The number of rotatable bonds is 5. The van der Waals surface area contributed by atoms with Crippen molar-refractivity contribution in [1.29, 1.82) is 0 Å². The van der Waals surface area contributed by atoms with Gasteiger partial charge in [-0.2, -0.15) is 0 Å². The summed E-state index contributed by atoms with van der Waals surface area (Å²) in [6.45, 7) is 0. The normalized spacial score (nSPS) is 14.4. The van der Waals surface area contributed by atoms with E-state index in [2.05, 4.69) is 205 Å². The van der Waals surface area contributed by atoms with Gasteiger partial charge in [-0.1, -0.05) is 200 Å². The SMILES string of the molecule is c1ccc(-c2nc(-c3ccc(-c4cccc5c4oc4ccccc45)cc3)nc(-c3cccc(-c4ccc5c(c4)C4(c6ccccc6-5)c5ccccc5-n5c6ccccc6c6cccc4c65)c3)n2)cc1. The Hall–Kier alpha value is -9.19. The molecule has 3 aromatic heterocycles. The number of hydrogen-bond acceptors (Lipinski definition) is 4. The molecule has 0 radical (unpaired) electrons. The highest BCUT2D eigenvalue weighted by atomic mass is 16.3. The third-order valence-corrected chi connectivity index (χ3v) is 14.7. The van der Waals surface area contributed by atoms with E-state index in [1.54, 1.807) is 0 Å². The Balaban J connectivity index is 0.874. The molecule has 0 amide bonds. The summed E-state index contributed by atoms with van der Waals surface area (Å²) >= 11 is 0. The third-order valence-electron chi connectivity index (χ3n) is 14.7. The van der Waals surface area contributed by atoms with Gasteiger partial charge in [-0.25, -0.2) is 15.0 Å². The molecule has 0 fully saturated rings. The maximum absolute atomic E-state index is 6.40. The average Bonchev–Trinajstić information content (AvgIpc) is 4.07. The van der Waals surface area contributed by atoms with Crippen LogP contribution in [0.2, 0.25) is 0 Å². The van der Waals surface area contributed by atoms with E-state index in [1.165, 1.54) is 60.9 Å². The molecule has 13 aromatic rings. The number of furan rings is 1. The Bertz CT molecular complexity index is 4260. The summed E-state index contributed by atoms with van der Waals surface area (Å²) in [6, 6.07) is 82.7. The van der Waals surface area contributed by atoms with Crippen molar-refractivity contribution in [3.05, 3.63) is 253 Å². The van der Waals surface area contributed by atoms with E-state index in [9.17, 15) is 0 Å². The van der Waals surface area contributed by atoms with E-state index in [4.69, 9.17) is 19.4 Å². The topological polar surface area (TPSA) is 56.7 Å². The molecule has 1 spiro atoms. The van der Waals surface area contributed by atoms with E-state index in [0.29, 0.717) is 17.5 Å². The molecule has 1 atom stereocenters. The molecule has 10 aromatic carbocycles. The van der Waals surface area contributed by atoms with Gasteiger partial charge in [-0.15, -0.1) is 0 Å². The van der Waals surface area contributed by atoms with Crippen LogP contribution >= 0.6 is 0 Å². The number of para-hydroxylation sites is 5. The van der Waals surface area contributed by atoms with Crippen LogP contribution in [-0.4, -0.2) is 19.5 Å². The molecule has 5 nitrogen and oxygen atoms in total. The van der Waals surface area contributed by atoms with Gasteiger partial charge in [0.2, 0.25) is 0 Å². The van der Waals surface area contributed by atoms with Crippen molar-refractivity contribution in [2.75, 3.05) is 0 Å². The second-order valence-electron chi connectivity index (χ2n) is 18.2. The highest BCUT2D eigenvalue weighted by Gasteiger charge is 2.50. The minimum atomic E-state index is -0.540. The van der Waals surface area contributed by atoms with E-state index in [-0.39, 0.29) is 0 Å². The van der Waals surface area contributed by atoms with Gasteiger partial charge < -0.3 is 8.98 Å². The lowest BCUT2D eigenvalue weighted by Gasteiger charge is -2.39. The third kappa shape index (κ3) is 5.38. The van der Waals surface area contributed by atoms with E-state index < -0.39 is 5.41 Å². The number of fused-ring (bicyclic) bond motifs is 15. The molecule has 1 unspecified atom stereocenters. The first-order valence-corrected chi connectivity index (χ1v) is 23.5. The van der Waals surface area contributed by atoms with Gasteiger partial charge in [0, 0.05) is 43.8 Å². The molecule has 2 aliphatic rings. The Labute approximate surface area is 397 Å². The summed E-state index contributed by atoms with van der Waals surface area (Å²) in [4.78, 5) is 15.5. The fraction of sp³-hybridized carbons (Fsp3) is 0.0156. The lowest BCUT2D eigenvalue weighted by atomic mass is 9.65. The summed E-state index contributed by atoms with van der Waals surface area (Å²) in [5, 5.41) is 4.76. The maximum atomic E-state index is 6.40. The van der Waals surface area contributed by atoms with Crippen molar-refractivity contribution in [3.8, 4) is 73.2 Å². The molecule has 320 valence electrons. The van der Waals surface area contributed by atoms with Crippen LogP contribution in [0.5, 0.6) is 0 Å². The van der Waals surface area contributed by atoms with Crippen molar-refractivity contribution in [3.63, 3.8) is 0 Å². The molecule has 4 heterocycles. The van der Waals surface area contributed by atoms with Gasteiger partial charge in [0.05, 0.1) is 22.1 Å². The first-order valence-electron chi connectivity index (χ1n) is 23.5. The molecule has 0 bridgehead atoms. The van der Waals surface area contributed by atoms with Crippen molar-refractivity contribution in [2.45, 2.75) is 5.41 Å². The Kier molecular flexibility index (Phi) is 7.93. The minimum absolute atomic E-state index is 0.540. The van der Waals surface area contributed by atoms with Gasteiger partial charge >= 0.3 is 0 Å². The van der Waals surface area contributed by atoms with Gasteiger partial charge in [0.25, 0.3) is 0 Å². The molecule has 0 saturated carbocycles. The molecule has 1 aliphatic heterocycles. The van der Waals surface area contributed by atoms with Crippen LogP contribution in [0.3, 0.4) is 0 Å². The molecule has 0 saturated heterocycles. The van der Waals surface area contributed by atoms with Crippen LogP contribution in [0.15, 0.2) is 235 Å². The Morgan fingerprint density at radius 2 is 0.884 bits per heavy atom. The maximum Gasteiger partial charge on any atom is 0.164 e. The second-order valence-corrected chi connectivity index (χ2v) is 18.2. The zero-order valence-corrected chi connectivity index (χ0v) is 37.1. The zero-order valence-electron chi connectivity index (χ0n) is 37.1. The van der Waals surface area contributed by atoms with E-state index in [1.807, 2.05) is 30.3 Å². The molecule has 1 aliphatic carbocycles. The van der Waals surface area contributed by atoms with Gasteiger partial charge in [0.1, 0.15) is 11.2 Å². The highest BCUT2D eigenvalue weighted by Crippen LogP contribution is 2.61. The average molecular weight is 879 g/mol. The molecular formula is C64H38N4O. The van der Waals surface area contributed by atoms with E-state index >= 15 is 0 Å². The number of hydrogen-bond donors (Lipinski definition) is 0. The fourth-order valence-corrected chi connectivity index (χ4v) is 11.7. The molecule has 69 heavy (non-hydrogen) atoms. The molecular weight excluding hydrogens is 841 g/mol. The lowest BCUT2D eigenvalue weighted by Crippen LogP contribution is -2.33. The minimum Gasteiger partial charge on any atom is -0.455 e. The summed E-state index contributed by atoms with van der Waals surface area (Å²) in [6.07, 6.45) is 0. The van der Waals surface area contributed by atoms with Crippen LogP contribution in [0, 0.1) is 0 Å². The predicted octanol–water partition coefficient (Wildman–Crippen LogP) is 15.9. The van der Waals surface area contributed by atoms with E-state index in [0.717, 1.165) is 60.9 Å². The van der Waals surface area contributed by atoms with Gasteiger partial charge in [-0.3, -0.25) is 0 Å². The Morgan fingerprint density at radius 3 is 1.75 bits per heavy atom. The van der Waals surface area contributed by atoms with Gasteiger partial charge in [0.15, 0.2) is 17.5 Å². The quantitative estimate of drug-likeness (QED) is 0.173. The summed E-state index contributed by atoms with van der Waals surface area (Å²) in [5.41, 5.74) is 19.7. The summed E-state index contributed by atoms with van der Waals surface area (Å²) in [7, 11) is 0. The van der Waals surface area contributed by atoms with Crippen molar-refractivity contribution in [1.82, 2.24) is 19.5 Å². The largest absolute Gasteiger partial charge is 0.455 e. The van der Waals surface area contributed by atoms with Crippen LogP contribution in [0.1, 0.15) is 22.3 Å². The molecule has 15 rings (SSSR count). The van der Waals surface area contributed by atoms with Crippen LogP contribution in [0.4, 0.5) is 0 Å². The lowest BCUT2D eigenvalue weighted by molar-refractivity contribution is 0.670. The highest BCUT2D eigenvalue weighted by molar-refractivity contribution is 6.13. The first-order chi connectivity index (χ1) is 34.2. The van der Waals surface area contributed by atoms with Crippen molar-refractivity contribution >= 4 is 43.7 Å². The fourth-order valence-electron chi connectivity index (χ4n) is 11.7. The van der Waals surface area contributed by atoms with Crippen LogP contribution in [0.25, 0.3) is 117 Å².